The molecule has 1 heterocycles. The van der Waals surface area contributed by atoms with Crippen molar-refractivity contribution in [3.8, 4) is 0 Å². The van der Waals surface area contributed by atoms with Gasteiger partial charge in [-0.3, -0.25) is 4.90 Å². The molecule has 4 nitrogen and oxygen atoms in total. The second kappa shape index (κ2) is 6.49. The zero-order valence-corrected chi connectivity index (χ0v) is 16.1. The van der Waals surface area contributed by atoms with Gasteiger partial charge in [0.15, 0.2) is 9.84 Å². The van der Waals surface area contributed by atoms with Gasteiger partial charge in [-0.2, -0.15) is 0 Å². The quantitative estimate of drug-likeness (QED) is 0.860. The lowest BCUT2D eigenvalue weighted by Crippen LogP contribution is -2.48. The SMILES string of the molecule is CC(C)(C)N1CCC(Nc2ccc(S(C)(=O)=O)cc2Br)CC1. The predicted octanol–water partition coefficient (Wildman–Crippen LogP) is 3.53. The first kappa shape index (κ1) is 17.8. The lowest BCUT2D eigenvalue weighted by Gasteiger charge is -2.41. The molecular weight excluding hydrogens is 364 g/mol. The number of rotatable bonds is 3. The van der Waals surface area contributed by atoms with Crippen molar-refractivity contribution in [3.63, 3.8) is 0 Å². The molecule has 22 heavy (non-hydrogen) atoms. The molecule has 0 unspecified atom stereocenters. The van der Waals surface area contributed by atoms with Gasteiger partial charge in [0.1, 0.15) is 0 Å². The molecule has 0 bridgehead atoms. The van der Waals surface area contributed by atoms with Crippen LogP contribution in [0.5, 0.6) is 0 Å². The summed E-state index contributed by atoms with van der Waals surface area (Å²) in [7, 11) is -3.16. The first-order chi connectivity index (χ1) is 10.1. The summed E-state index contributed by atoms with van der Waals surface area (Å²) in [5.74, 6) is 0. The highest BCUT2D eigenvalue weighted by molar-refractivity contribution is 9.10. The maximum absolute atomic E-state index is 11.6. The minimum absolute atomic E-state index is 0.225. The summed E-state index contributed by atoms with van der Waals surface area (Å²) in [5.41, 5.74) is 1.18. The average Bonchev–Trinajstić information content (AvgIpc) is 2.39. The summed E-state index contributed by atoms with van der Waals surface area (Å²) in [5, 5.41) is 3.53. The Morgan fingerprint density at radius 3 is 2.27 bits per heavy atom. The number of halogens is 1. The fourth-order valence-electron chi connectivity index (χ4n) is 2.76. The summed E-state index contributed by atoms with van der Waals surface area (Å²) in [4.78, 5) is 2.85. The Hall–Kier alpha value is -0.590. The van der Waals surface area contributed by atoms with E-state index >= 15 is 0 Å². The number of likely N-dealkylation sites (tertiary alicyclic amines) is 1. The molecule has 0 atom stereocenters. The van der Waals surface area contributed by atoms with Gasteiger partial charge in [-0.15, -0.1) is 0 Å². The van der Waals surface area contributed by atoms with Gasteiger partial charge in [-0.05, 0) is 67.7 Å². The predicted molar refractivity (Wildman–Crippen MR) is 95.2 cm³/mol. The fraction of sp³-hybridized carbons (Fsp3) is 0.625. The summed E-state index contributed by atoms with van der Waals surface area (Å²) in [6.45, 7) is 8.92. The Morgan fingerprint density at radius 1 is 1.23 bits per heavy atom. The summed E-state index contributed by atoms with van der Waals surface area (Å²) >= 11 is 3.47. The Bertz CT molecular complexity index is 630. The van der Waals surface area contributed by atoms with Crippen LogP contribution in [-0.4, -0.2) is 44.2 Å². The second-order valence-corrected chi connectivity index (χ2v) is 9.86. The lowest BCUT2D eigenvalue weighted by atomic mass is 9.98. The maximum atomic E-state index is 11.6. The third-order valence-electron chi connectivity index (χ3n) is 4.17. The van der Waals surface area contributed by atoms with Crippen molar-refractivity contribution < 1.29 is 8.42 Å². The molecule has 0 amide bonds. The molecule has 1 aliphatic rings. The highest BCUT2D eigenvalue weighted by Crippen LogP contribution is 2.28. The molecule has 1 N–H and O–H groups in total. The third kappa shape index (κ3) is 4.46. The molecule has 6 heteroatoms. The molecule has 0 aliphatic carbocycles. The van der Waals surface area contributed by atoms with E-state index in [1.165, 1.54) is 6.26 Å². The topological polar surface area (TPSA) is 49.4 Å². The van der Waals surface area contributed by atoms with Crippen LogP contribution < -0.4 is 5.32 Å². The number of hydrogen-bond donors (Lipinski definition) is 1. The largest absolute Gasteiger partial charge is 0.381 e. The van der Waals surface area contributed by atoms with Crippen molar-refractivity contribution in [2.24, 2.45) is 0 Å². The van der Waals surface area contributed by atoms with E-state index in [1.807, 2.05) is 6.07 Å². The number of nitrogens with one attached hydrogen (secondary N) is 1. The zero-order valence-electron chi connectivity index (χ0n) is 13.7. The van der Waals surface area contributed by atoms with Gasteiger partial charge < -0.3 is 5.32 Å². The molecular formula is C16H25BrN2O2S. The van der Waals surface area contributed by atoms with E-state index in [1.54, 1.807) is 12.1 Å². The molecule has 1 aliphatic heterocycles. The van der Waals surface area contributed by atoms with Gasteiger partial charge in [0.25, 0.3) is 0 Å². The first-order valence-corrected chi connectivity index (χ1v) is 10.3. The molecule has 0 spiro atoms. The van der Waals surface area contributed by atoms with E-state index < -0.39 is 9.84 Å². The molecule has 2 rings (SSSR count). The number of nitrogens with zero attached hydrogens (tertiary/aromatic N) is 1. The van der Waals surface area contributed by atoms with Crippen molar-refractivity contribution in [2.45, 2.75) is 50.1 Å². The first-order valence-electron chi connectivity index (χ1n) is 7.58. The number of sulfone groups is 1. The summed E-state index contributed by atoms with van der Waals surface area (Å²) < 4.78 is 23.9. The highest BCUT2D eigenvalue weighted by atomic mass is 79.9. The van der Waals surface area contributed by atoms with Crippen LogP contribution in [0.15, 0.2) is 27.6 Å². The van der Waals surface area contributed by atoms with Crippen LogP contribution in [0, 0.1) is 0 Å². The van der Waals surface area contributed by atoms with Gasteiger partial charge in [-0.25, -0.2) is 8.42 Å². The fourth-order valence-corrected chi connectivity index (χ4v) is 4.05. The molecule has 0 saturated carbocycles. The molecule has 1 saturated heterocycles. The molecule has 0 radical (unpaired) electrons. The molecule has 1 aromatic rings. The van der Waals surface area contributed by atoms with E-state index in [0.717, 1.165) is 36.1 Å². The van der Waals surface area contributed by atoms with E-state index in [0.29, 0.717) is 10.9 Å². The van der Waals surface area contributed by atoms with Crippen molar-refractivity contribution in [1.29, 1.82) is 0 Å². The number of anilines is 1. The van der Waals surface area contributed by atoms with E-state index in [2.05, 4.69) is 46.9 Å². The lowest BCUT2D eigenvalue weighted by molar-refractivity contribution is 0.106. The van der Waals surface area contributed by atoms with Crippen LogP contribution in [0.25, 0.3) is 0 Å². The van der Waals surface area contributed by atoms with Gasteiger partial charge in [0.2, 0.25) is 0 Å². The van der Waals surface area contributed by atoms with Gasteiger partial charge in [0.05, 0.1) is 4.90 Å². The Labute approximate surface area is 142 Å². The van der Waals surface area contributed by atoms with E-state index in [4.69, 9.17) is 0 Å². The van der Waals surface area contributed by atoms with Gasteiger partial charge in [-0.1, -0.05) is 0 Å². The number of benzene rings is 1. The standard InChI is InChI=1S/C16H25BrN2O2S/c1-16(2,3)19-9-7-12(8-10-19)18-15-6-5-13(11-14(15)17)22(4,20)21/h5-6,11-12,18H,7-10H2,1-4H3. The Balaban J connectivity index is 2.01. The average molecular weight is 389 g/mol. The number of hydrogen-bond acceptors (Lipinski definition) is 4. The Kier molecular flexibility index (Phi) is 5.24. The summed E-state index contributed by atoms with van der Waals surface area (Å²) in [6, 6.07) is 5.60. The van der Waals surface area contributed by atoms with Crippen molar-refractivity contribution >= 4 is 31.5 Å². The molecule has 0 aromatic heterocycles. The van der Waals surface area contributed by atoms with Crippen LogP contribution in [-0.2, 0) is 9.84 Å². The summed E-state index contributed by atoms with van der Waals surface area (Å²) in [6.07, 6.45) is 3.42. The normalized spacial score (nSPS) is 18.4. The van der Waals surface area contributed by atoms with Gasteiger partial charge >= 0.3 is 0 Å². The minimum Gasteiger partial charge on any atom is -0.381 e. The molecule has 1 fully saturated rings. The van der Waals surface area contributed by atoms with Crippen molar-refractivity contribution in [2.75, 3.05) is 24.7 Å². The van der Waals surface area contributed by atoms with Crippen LogP contribution in [0.3, 0.4) is 0 Å². The highest BCUT2D eigenvalue weighted by Gasteiger charge is 2.27. The second-order valence-electron chi connectivity index (χ2n) is 6.99. The Morgan fingerprint density at radius 2 is 1.82 bits per heavy atom. The molecule has 124 valence electrons. The van der Waals surface area contributed by atoms with E-state index in [-0.39, 0.29) is 5.54 Å². The van der Waals surface area contributed by atoms with Crippen LogP contribution >= 0.6 is 15.9 Å². The smallest absolute Gasteiger partial charge is 0.175 e. The van der Waals surface area contributed by atoms with Crippen LogP contribution in [0.1, 0.15) is 33.6 Å². The van der Waals surface area contributed by atoms with E-state index in [9.17, 15) is 8.42 Å². The van der Waals surface area contributed by atoms with Crippen LogP contribution in [0.2, 0.25) is 0 Å². The van der Waals surface area contributed by atoms with Gasteiger partial charge in [0, 0.05) is 41.1 Å². The molecule has 1 aromatic carbocycles. The van der Waals surface area contributed by atoms with Crippen LogP contribution in [0.4, 0.5) is 5.69 Å². The minimum atomic E-state index is -3.16. The van der Waals surface area contributed by atoms with Crippen molar-refractivity contribution in [1.82, 2.24) is 4.90 Å². The third-order valence-corrected chi connectivity index (χ3v) is 5.94. The van der Waals surface area contributed by atoms with Crippen molar-refractivity contribution in [3.05, 3.63) is 22.7 Å². The zero-order chi connectivity index (χ0) is 16.5. The maximum Gasteiger partial charge on any atom is 0.175 e. The number of piperidine rings is 1. The monoisotopic (exact) mass is 388 g/mol.